The zero-order chi connectivity index (χ0) is 58.3. The molecule has 3 rings (SSSR count). The molecule has 3 saturated heterocycles. The van der Waals surface area contributed by atoms with Crippen molar-refractivity contribution in [2.75, 3.05) is 26.4 Å². The summed E-state index contributed by atoms with van der Waals surface area (Å²) >= 11 is 0. The average molecular weight is 1150 g/mol. The number of nitrogens with one attached hydrogen (secondary N) is 1. The smallest absolute Gasteiger partial charge is 0.220 e. The fourth-order valence-corrected chi connectivity index (χ4v) is 11.4. The fourth-order valence-electron chi connectivity index (χ4n) is 11.4. The van der Waals surface area contributed by atoms with Gasteiger partial charge in [0.25, 0.3) is 0 Å². The van der Waals surface area contributed by atoms with Gasteiger partial charge in [0, 0.05) is 6.42 Å². The van der Waals surface area contributed by atoms with Gasteiger partial charge in [0.1, 0.15) is 73.2 Å². The lowest BCUT2D eigenvalue weighted by molar-refractivity contribution is -0.379. The lowest BCUT2D eigenvalue weighted by atomic mass is 9.96. The second-order valence-corrected chi connectivity index (χ2v) is 23.6. The van der Waals surface area contributed by atoms with E-state index in [0.717, 1.165) is 44.9 Å². The van der Waals surface area contributed by atoms with Crippen molar-refractivity contribution in [2.45, 2.75) is 356 Å². The van der Waals surface area contributed by atoms with Crippen LogP contribution in [0.3, 0.4) is 0 Å². The Balaban J connectivity index is 1.40. The summed E-state index contributed by atoms with van der Waals surface area (Å²) in [4.78, 5) is 13.3. The highest BCUT2D eigenvalue weighted by molar-refractivity contribution is 5.76. The average Bonchev–Trinajstić information content (AvgIpc) is 3.45. The van der Waals surface area contributed by atoms with E-state index in [4.69, 9.17) is 28.4 Å². The van der Waals surface area contributed by atoms with E-state index in [9.17, 15) is 61.0 Å². The zero-order valence-electron chi connectivity index (χ0n) is 49.6. The maximum atomic E-state index is 13.3. The van der Waals surface area contributed by atoms with Crippen LogP contribution in [0, 0.1) is 0 Å². The van der Waals surface area contributed by atoms with Crippen molar-refractivity contribution in [1.82, 2.24) is 5.32 Å². The molecule has 0 aromatic heterocycles. The van der Waals surface area contributed by atoms with Gasteiger partial charge in [0.15, 0.2) is 18.9 Å². The molecule has 19 heteroatoms. The summed E-state index contributed by atoms with van der Waals surface area (Å²) in [5, 5.41) is 120. The van der Waals surface area contributed by atoms with Crippen LogP contribution in [0.1, 0.15) is 251 Å². The van der Waals surface area contributed by atoms with Gasteiger partial charge in [-0.3, -0.25) is 4.79 Å². The largest absolute Gasteiger partial charge is 0.394 e. The molecular formula is C61H117NO18. The number of aliphatic hydroxyl groups is 11. The molecular weight excluding hydrogens is 1030 g/mol. The highest BCUT2D eigenvalue weighted by Gasteiger charge is 2.53. The van der Waals surface area contributed by atoms with Gasteiger partial charge in [0.05, 0.1) is 38.6 Å². The van der Waals surface area contributed by atoms with E-state index in [1.807, 2.05) is 0 Å². The van der Waals surface area contributed by atoms with Gasteiger partial charge in [-0.25, -0.2) is 0 Å². The fraction of sp³-hybridized carbons (Fsp3) is 0.984. The van der Waals surface area contributed by atoms with E-state index < -0.39 is 124 Å². The third kappa shape index (κ3) is 28.3. The summed E-state index contributed by atoms with van der Waals surface area (Å²) in [7, 11) is 0. The molecule has 12 N–H and O–H groups in total. The molecule has 1 amide bonds. The van der Waals surface area contributed by atoms with E-state index in [1.54, 1.807) is 0 Å². The Labute approximate surface area is 481 Å². The minimum absolute atomic E-state index is 0.243. The lowest BCUT2D eigenvalue weighted by Crippen LogP contribution is -2.66. The first kappa shape index (κ1) is 73.0. The molecule has 0 spiro atoms. The van der Waals surface area contributed by atoms with Crippen LogP contribution in [0.4, 0.5) is 0 Å². The molecule has 0 aliphatic carbocycles. The van der Waals surface area contributed by atoms with Crippen LogP contribution in [0.5, 0.6) is 0 Å². The topological polar surface area (TPSA) is 307 Å². The number of rotatable bonds is 49. The summed E-state index contributed by atoms with van der Waals surface area (Å²) in [5.41, 5.74) is 0. The predicted molar refractivity (Wildman–Crippen MR) is 305 cm³/mol. The summed E-state index contributed by atoms with van der Waals surface area (Å²) in [6.07, 6.45) is 17.9. The van der Waals surface area contributed by atoms with Crippen molar-refractivity contribution in [2.24, 2.45) is 0 Å². The maximum Gasteiger partial charge on any atom is 0.220 e. The highest BCUT2D eigenvalue weighted by atomic mass is 16.8. The molecule has 474 valence electrons. The number of hydrogen-bond acceptors (Lipinski definition) is 18. The minimum Gasteiger partial charge on any atom is -0.394 e. The highest BCUT2D eigenvalue weighted by Crippen LogP contribution is 2.33. The third-order valence-electron chi connectivity index (χ3n) is 16.7. The van der Waals surface area contributed by atoms with Gasteiger partial charge in [-0.05, 0) is 12.8 Å². The van der Waals surface area contributed by atoms with Gasteiger partial charge in [-0.1, -0.05) is 232 Å². The molecule has 80 heavy (non-hydrogen) atoms. The number of hydrogen-bond donors (Lipinski definition) is 12. The summed E-state index contributed by atoms with van der Waals surface area (Å²) < 4.78 is 34.3. The molecule has 0 bridgehead atoms. The Morgan fingerprint density at radius 2 is 0.713 bits per heavy atom. The summed E-state index contributed by atoms with van der Waals surface area (Å²) in [6.45, 7) is 1.79. The van der Waals surface area contributed by atoms with Crippen LogP contribution in [-0.4, -0.2) is 193 Å². The van der Waals surface area contributed by atoms with Gasteiger partial charge in [-0.15, -0.1) is 0 Å². The van der Waals surface area contributed by atoms with Gasteiger partial charge in [0.2, 0.25) is 5.91 Å². The molecule has 3 heterocycles. The van der Waals surface area contributed by atoms with Crippen LogP contribution >= 0.6 is 0 Å². The van der Waals surface area contributed by atoms with Gasteiger partial charge >= 0.3 is 0 Å². The van der Waals surface area contributed by atoms with Crippen LogP contribution in [0.25, 0.3) is 0 Å². The number of amides is 1. The molecule has 3 fully saturated rings. The quantitative estimate of drug-likeness (QED) is 0.0280. The number of unbranched alkanes of at least 4 members (excludes halogenated alkanes) is 33. The zero-order valence-corrected chi connectivity index (χ0v) is 49.6. The first-order valence-electron chi connectivity index (χ1n) is 32.3. The minimum atomic E-state index is -1.97. The monoisotopic (exact) mass is 1150 g/mol. The number of aliphatic hydroxyl groups excluding tert-OH is 11. The predicted octanol–water partition coefficient (Wildman–Crippen LogP) is 6.77. The Hall–Kier alpha value is -1.21. The van der Waals surface area contributed by atoms with Crippen LogP contribution < -0.4 is 5.32 Å². The van der Waals surface area contributed by atoms with E-state index in [1.165, 1.54) is 173 Å². The molecule has 3 aliphatic heterocycles. The normalized spacial score (nSPS) is 29.9. The standard InChI is InChI=1S/C61H117NO18/c1-3-5-7-9-11-13-14-15-16-17-18-19-20-21-22-23-24-25-26-27-28-29-31-32-34-36-38-45(66)44(62-49(67)39-37-35-33-30-12-10-8-6-4-2)43-75-59-55(73)52(70)57(47(41-64)77-59)80-61-56(74)53(71)58(48(42-65)78-61)79-60-54(72)51(69)50(68)46(40-63)76-60/h44-48,50-61,63-66,68-74H,3-43H2,1-2H3,(H,62,67). The van der Waals surface area contributed by atoms with Crippen molar-refractivity contribution in [3.8, 4) is 0 Å². The molecule has 19 nitrogen and oxygen atoms in total. The molecule has 0 aromatic carbocycles. The Morgan fingerprint density at radius 3 is 1.09 bits per heavy atom. The summed E-state index contributed by atoms with van der Waals surface area (Å²) in [5.74, 6) is -0.243. The second-order valence-electron chi connectivity index (χ2n) is 23.6. The number of carbonyl (C=O) groups is 1. The maximum absolute atomic E-state index is 13.3. The Morgan fingerprint density at radius 1 is 0.400 bits per heavy atom. The van der Waals surface area contributed by atoms with E-state index >= 15 is 0 Å². The van der Waals surface area contributed by atoms with Crippen molar-refractivity contribution in [3.05, 3.63) is 0 Å². The molecule has 0 aromatic rings. The van der Waals surface area contributed by atoms with Crippen molar-refractivity contribution >= 4 is 5.91 Å². The van der Waals surface area contributed by atoms with E-state index in [2.05, 4.69) is 19.2 Å². The number of carbonyl (C=O) groups excluding carboxylic acids is 1. The van der Waals surface area contributed by atoms with Crippen molar-refractivity contribution < 1.29 is 89.4 Å². The number of ether oxygens (including phenoxy) is 6. The van der Waals surface area contributed by atoms with Gasteiger partial charge in [-0.2, -0.15) is 0 Å². The van der Waals surface area contributed by atoms with E-state index in [-0.39, 0.29) is 18.9 Å². The SMILES string of the molecule is CCCCCCCCCCCCCCCCCCCCCCCCCCCCC(O)C(COC1OC(CO)C(OC2OC(CO)C(OC3OC(CO)C(O)C(O)C3O)C(O)C2O)C(O)C1O)NC(=O)CCCCCCCCCCC. The van der Waals surface area contributed by atoms with Crippen molar-refractivity contribution in [3.63, 3.8) is 0 Å². The van der Waals surface area contributed by atoms with Crippen LogP contribution in [0.15, 0.2) is 0 Å². The van der Waals surface area contributed by atoms with E-state index in [0.29, 0.717) is 12.8 Å². The molecule has 17 atom stereocenters. The van der Waals surface area contributed by atoms with Crippen LogP contribution in [-0.2, 0) is 33.2 Å². The lowest BCUT2D eigenvalue weighted by Gasteiger charge is -2.48. The molecule has 17 unspecified atom stereocenters. The second kappa shape index (κ2) is 45.2. The first-order chi connectivity index (χ1) is 38.8. The Bertz CT molecular complexity index is 1470. The third-order valence-corrected chi connectivity index (χ3v) is 16.7. The van der Waals surface area contributed by atoms with Crippen LogP contribution in [0.2, 0.25) is 0 Å². The van der Waals surface area contributed by atoms with Gasteiger partial charge < -0.3 is 89.9 Å². The Kier molecular flexibility index (Phi) is 41.2. The first-order valence-corrected chi connectivity index (χ1v) is 32.3. The molecule has 0 radical (unpaired) electrons. The molecule has 3 aliphatic rings. The molecule has 0 saturated carbocycles. The summed E-state index contributed by atoms with van der Waals surface area (Å²) in [6, 6.07) is -0.879. The van der Waals surface area contributed by atoms with Crippen molar-refractivity contribution in [1.29, 1.82) is 0 Å².